The second-order valence-electron chi connectivity index (χ2n) is 4.27. The standard InChI is InChI=1S/2C7H7.CH3O.Sn/c2*1-7-5-3-2-4-6-7;1-2;/h2*3-6H,1H3;1H3;/q;;-1;+1. The van der Waals surface area contributed by atoms with E-state index in [2.05, 4.69) is 62.4 Å². The molecule has 2 heteroatoms. The Balaban J connectivity index is 2.33. The van der Waals surface area contributed by atoms with Crippen molar-refractivity contribution in [3.8, 4) is 0 Å². The van der Waals surface area contributed by atoms with Gasteiger partial charge in [0.1, 0.15) is 0 Å². The molecule has 0 aliphatic carbocycles. The zero-order chi connectivity index (χ0) is 12.3. The van der Waals surface area contributed by atoms with Gasteiger partial charge in [-0.2, -0.15) is 0 Å². The van der Waals surface area contributed by atoms with Gasteiger partial charge in [0.15, 0.2) is 0 Å². The number of benzene rings is 2. The van der Waals surface area contributed by atoms with Gasteiger partial charge in [0.05, 0.1) is 0 Å². The Morgan fingerprint density at radius 2 is 1.06 bits per heavy atom. The average Bonchev–Trinajstić information content (AvgIpc) is 2.35. The fraction of sp³-hybridized carbons (Fsp3) is 0.200. The molecular formula is C15H17OSn. The summed E-state index contributed by atoms with van der Waals surface area (Å²) < 4.78 is 8.58. The van der Waals surface area contributed by atoms with Crippen molar-refractivity contribution < 1.29 is 3.07 Å². The van der Waals surface area contributed by atoms with Crippen LogP contribution in [0.25, 0.3) is 0 Å². The van der Waals surface area contributed by atoms with Crippen LogP contribution >= 0.6 is 0 Å². The van der Waals surface area contributed by atoms with Gasteiger partial charge in [0.2, 0.25) is 0 Å². The summed E-state index contributed by atoms with van der Waals surface area (Å²) in [5.74, 6) is 0. The molecule has 2 rings (SSSR count). The third kappa shape index (κ3) is 3.11. The van der Waals surface area contributed by atoms with Gasteiger partial charge < -0.3 is 0 Å². The molecule has 0 amide bonds. The van der Waals surface area contributed by atoms with Crippen molar-refractivity contribution in [2.75, 3.05) is 7.11 Å². The first-order valence-corrected chi connectivity index (χ1v) is 9.77. The Kier molecular flexibility index (Phi) is 4.24. The molecule has 0 atom stereocenters. The monoisotopic (exact) mass is 333 g/mol. The van der Waals surface area contributed by atoms with E-state index >= 15 is 0 Å². The molecule has 0 spiro atoms. The Morgan fingerprint density at radius 1 is 0.706 bits per heavy atom. The van der Waals surface area contributed by atoms with E-state index in [9.17, 15) is 0 Å². The Hall–Kier alpha value is -0.801. The van der Waals surface area contributed by atoms with Gasteiger partial charge in [0, 0.05) is 0 Å². The summed E-state index contributed by atoms with van der Waals surface area (Å²) in [5, 5.41) is 0. The summed E-state index contributed by atoms with van der Waals surface area (Å²) in [4.78, 5) is 0. The molecule has 0 heterocycles. The van der Waals surface area contributed by atoms with Crippen molar-refractivity contribution in [2.45, 2.75) is 13.8 Å². The molecule has 2 aromatic carbocycles. The quantitative estimate of drug-likeness (QED) is 0.782. The predicted octanol–water partition coefficient (Wildman–Crippen LogP) is 2.06. The van der Waals surface area contributed by atoms with Crippen LogP contribution in [0.3, 0.4) is 0 Å². The Bertz CT molecular complexity index is 428. The summed E-state index contributed by atoms with van der Waals surface area (Å²) in [6, 6.07) is 17.5. The molecule has 0 saturated heterocycles. The van der Waals surface area contributed by atoms with Crippen LogP contribution < -0.4 is 7.16 Å². The van der Waals surface area contributed by atoms with E-state index in [1.54, 1.807) is 0 Å². The van der Waals surface area contributed by atoms with Gasteiger partial charge in [-0.25, -0.2) is 0 Å². The minimum absolute atomic E-state index is 1.30. The summed E-state index contributed by atoms with van der Waals surface area (Å²) in [5.41, 5.74) is 2.60. The Labute approximate surface area is 111 Å². The second kappa shape index (κ2) is 5.69. The van der Waals surface area contributed by atoms with Crippen LogP contribution in [0.1, 0.15) is 11.1 Å². The van der Waals surface area contributed by atoms with E-state index in [4.69, 9.17) is 3.07 Å². The van der Waals surface area contributed by atoms with E-state index in [0.29, 0.717) is 0 Å². The van der Waals surface area contributed by atoms with Gasteiger partial charge in [-0.15, -0.1) is 0 Å². The van der Waals surface area contributed by atoms with Crippen molar-refractivity contribution in [3.63, 3.8) is 0 Å². The zero-order valence-corrected chi connectivity index (χ0v) is 13.4. The predicted molar refractivity (Wildman–Crippen MR) is 74.4 cm³/mol. The number of rotatable bonds is 3. The van der Waals surface area contributed by atoms with E-state index in [1.165, 1.54) is 18.3 Å². The first-order valence-electron chi connectivity index (χ1n) is 5.76. The van der Waals surface area contributed by atoms with Crippen molar-refractivity contribution in [1.82, 2.24) is 0 Å². The molecule has 0 N–H and O–H groups in total. The van der Waals surface area contributed by atoms with Crippen molar-refractivity contribution in [3.05, 3.63) is 59.7 Å². The molecule has 0 bridgehead atoms. The van der Waals surface area contributed by atoms with Crippen LogP contribution in [0.2, 0.25) is 0 Å². The van der Waals surface area contributed by atoms with Crippen LogP contribution in [0, 0.1) is 13.8 Å². The first-order chi connectivity index (χ1) is 8.20. The molecule has 0 aliphatic rings. The first kappa shape index (κ1) is 12.7. The van der Waals surface area contributed by atoms with Gasteiger partial charge >= 0.3 is 111 Å². The molecule has 1 nitrogen and oxygen atoms in total. The average molecular weight is 332 g/mol. The van der Waals surface area contributed by atoms with Crippen LogP contribution in [-0.2, 0) is 3.07 Å². The van der Waals surface area contributed by atoms with Crippen molar-refractivity contribution >= 4 is 27.3 Å². The molecular weight excluding hydrogens is 315 g/mol. The topological polar surface area (TPSA) is 9.23 Å². The fourth-order valence-electron chi connectivity index (χ4n) is 1.81. The van der Waals surface area contributed by atoms with Crippen LogP contribution in [-0.4, -0.2) is 27.3 Å². The van der Waals surface area contributed by atoms with Crippen LogP contribution in [0.4, 0.5) is 0 Å². The van der Waals surface area contributed by atoms with E-state index in [-0.39, 0.29) is 0 Å². The van der Waals surface area contributed by atoms with Crippen molar-refractivity contribution in [2.24, 2.45) is 0 Å². The molecule has 0 aliphatic heterocycles. The van der Waals surface area contributed by atoms with Gasteiger partial charge in [-0.3, -0.25) is 0 Å². The molecule has 0 fully saturated rings. The van der Waals surface area contributed by atoms with Crippen LogP contribution in [0.15, 0.2) is 48.5 Å². The SMILES string of the molecule is C[O][Sn]([c]1ccc(C)cc1)[c]1ccc(C)cc1. The normalized spacial score (nSPS) is 10.8. The van der Waals surface area contributed by atoms with Gasteiger partial charge in [0.25, 0.3) is 0 Å². The molecule has 2 aromatic rings. The number of hydrogen-bond donors (Lipinski definition) is 0. The minimum atomic E-state index is -2.09. The van der Waals surface area contributed by atoms with Gasteiger partial charge in [-0.05, 0) is 0 Å². The van der Waals surface area contributed by atoms with E-state index < -0.39 is 20.2 Å². The summed E-state index contributed by atoms with van der Waals surface area (Å²) >= 11 is -2.09. The summed E-state index contributed by atoms with van der Waals surface area (Å²) in [6.07, 6.45) is 0. The molecule has 0 saturated carbocycles. The second-order valence-corrected chi connectivity index (χ2v) is 10.6. The fourth-order valence-corrected chi connectivity index (χ4v) is 6.79. The maximum absolute atomic E-state index is 5.80. The molecule has 87 valence electrons. The summed E-state index contributed by atoms with van der Waals surface area (Å²) in [7, 11) is 1.84. The van der Waals surface area contributed by atoms with Gasteiger partial charge in [-0.1, -0.05) is 0 Å². The summed E-state index contributed by atoms with van der Waals surface area (Å²) in [6.45, 7) is 4.23. The van der Waals surface area contributed by atoms with Crippen molar-refractivity contribution in [1.29, 1.82) is 0 Å². The molecule has 0 aromatic heterocycles. The third-order valence-corrected chi connectivity index (χ3v) is 8.89. The third-order valence-electron chi connectivity index (χ3n) is 2.83. The van der Waals surface area contributed by atoms with E-state index in [0.717, 1.165) is 0 Å². The molecule has 17 heavy (non-hydrogen) atoms. The Morgan fingerprint density at radius 3 is 1.35 bits per heavy atom. The molecule has 1 radical (unpaired) electrons. The number of hydrogen-bond acceptors (Lipinski definition) is 1. The number of aryl methyl sites for hydroxylation is 2. The van der Waals surface area contributed by atoms with Crippen LogP contribution in [0.5, 0.6) is 0 Å². The van der Waals surface area contributed by atoms with E-state index in [1.807, 2.05) is 7.11 Å². The molecule has 0 unspecified atom stereocenters. The zero-order valence-electron chi connectivity index (χ0n) is 10.5. The maximum atomic E-state index is 5.80.